The summed E-state index contributed by atoms with van der Waals surface area (Å²) in [5.41, 5.74) is 6.87. The molecule has 1 heterocycles. The van der Waals surface area contributed by atoms with Crippen molar-refractivity contribution >= 4 is 40.2 Å². The Kier molecular flexibility index (Phi) is 10.0. The van der Waals surface area contributed by atoms with Crippen molar-refractivity contribution in [3.8, 4) is 0 Å². The van der Waals surface area contributed by atoms with Crippen LogP contribution < -0.4 is 16.0 Å². The third kappa shape index (κ3) is 6.70. The summed E-state index contributed by atoms with van der Waals surface area (Å²) < 4.78 is 39.2. The number of nitrogens with one attached hydrogen (secondary N) is 1. The maximum absolute atomic E-state index is 13.2. The van der Waals surface area contributed by atoms with Crippen LogP contribution in [0.2, 0.25) is 0 Å². The minimum Gasteiger partial charge on any atom is -0.330 e. The Morgan fingerprint density at radius 2 is 1.80 bits per heavy atom. The fourth-order valence-corrected chi connectivity index (χ4v) is 3.91. The van der Waals surface area contributed by atoms with Crippen molar-refractivity contribution < 1.29 is 22.8 Å². The first kappa shape index (κ1) is 28.5. The van der Waals surface area contributed by atoms with Gasteiger partial charge < -0.3 is 16.0 Å². The highest BCUT2D eigenvalue weighted by molar-refractivity contribution is 8.93. The molecule has 0 aromatic heterocycles. The van der Waals surface area contributed by atoms with Crippen LogP contribution in [0.1, 0.15) is 49.3 Å². The molecule has 0 radical (unpaired) electrons. The van der Waals surface area contributed by atoms with Crippen LogP contribution in [-0.2, 0) is 15.8 Å². The smallest absolute Gasteiger partial charge is 0.330 e. The number of benzodiazepines with no additional fused rings is 1. The number of alkyl halides is 3. The molecule has 0 bridgehead atoms. The summed E-state index contributed by atoms with van der Waals surface area (Å²) in [4.78, 5) is 32.1. The molecule has 35 heavy (non-hydrogen) atoms. The molecule has 2 amide bonds. The minimum absolute atomic E-state index is 0. The van der Waals surface area contributed by atoms with E-state index in [0.717, 1.165) is 31.4 Å². The zero-order chi connectivity index (χ0) is 24.9. The van der Waals surface area contributed by atoms with Gasteiger partial charge >= 0.3 is 6.18 Å². The van der Waals surface area contributed by atoms with Gasteiger partial charge in [0, 0.05) is 24.7 Å². The zero-order valence-electron chi connectivity index (χ0n) is 19.6. The molecule has 0 aliphatic carbocycles. The van der Waals surface area contributed by atoms with E-state index >= 15 is 0 Å². The SMILES string of the molecule is Br.CCCCC[C@@H](CN)C(=O)NC1N=C(c2ccc(C(F)(F)F)cc2)c2ccccc2N(C)C1=O. The predicted molar refractivity (Wildman–Crippen MR) is 136 cm³/mol. The zero-order valence-corrected chi connectivity index (χ0v) is 21.4. The normalized spacial score (nSPS) is 16.5. The van der Waals surface area contributed by atoms with Gasteiger partial charge in [0.1, 0.15) is 0 Å². The lowest BCUT2D eigenvalue weighted by atomic mass is 9.99. The molecular formula is C25H30BrF3N4O2. The van der Waals surface area contributed by atoms with Crippen molar-refractivity contribution in [2.75, 3.05) is 18.5 Å². The Morgan fingerprint density at radius 3 is 2.40 bits per heavy atom. The fraction of sp³-hybridized carbons (Fsp3) is 0.400. The molecular weight excluding hydrogens is 525 g/mol. The second-order valence-corrected chi connectivity index (χ2v) is 8.31. The number of aliphatic imine (C=N–C) groups is 1. The molecule has 2 aromatic rings. The Hall–Kier alpha value is -2.72. The number of rotatable bonds is 8. The van der Waals surface area contributed by atoms with Crippen LogP contribution in [0.15, 0.2) is 53.5 Å². The van der Waals surface area contributed by atoms with Crippen molar-refractivity contribution in [3.63, 3.8) is 0 Å². The molecule has 3 rings (SSSR count). The number of para-hydroxylation sites is 1. The van der Waals surface area contributed by atoms with Crippen LogP contribution in [0.25, 0.3) is 0 Å². The van der Waals surface area contributed by atoms with Crippen LogP contribution in [0, 0.1) is 5.92 Å². The number of anilines is 1. The highest BCUT2D eigenvalue weighted by Gasteiger charge is 2.33. The molecule has 0 saturated heterocycles. The third-order valence-electron chi connectivity index (χ3n) is 5.92. The van der Waals surface area contributed by atoms with Crippen molar-refractivity contribution in [1.29, 1.82) is 0 Å². The summed E-state index contributed by atoms with van der Waals surface area (Å²) in [7, 11) is 1.58. The van der Waals surface area contributed by atoms with Gasteiger partial charge in [-0.3, -0.25) is 9.59 Å². The van der Waals surface area contributed by atoms with Gasteiger partial charge in [-0.15, -0.1) is 17.0 Å². The maximum Gasteiger partial charge on any atom is 0.416 e. The van der Waals surface area contributed by atoms with Crippen LogP contribution in [0.4, 0.5) is 18.9 Å². The molecule has 6 nitrogen and oxygen atoms in total. The van der Waals surface area contributed by atoms with Crippen molar-refractivity contribution in [2.24, 2.45) is 16.6 Å². The number of nitrogens with two attached hydrogens (primary N) is 1. The van der Waals surface area contributed by atoms with Gasteiger partial charge in [0.2, 0.25) is 12.1 Å². The first-order chi connectivity index (χ1) is 16.2. The van der Waals surface area contributed by atoms with E-state index in [0.29, 0.717) is 28.9 Å². The third-order valence-corrected chi connectivity index (χ3v) is 5.92. The van der Waals surface area contributed by atoms with E-state index in [1.165, 1.54) is 17.0 Å². The lowest BCUT2D eigenvalue weighted by Gasteiger charge is -2.22. The van der Waals surface area contributed by atoms with Crippen molar-refractivity contribution in [1.82, 2.24) is 5.32 Å². The molecule has 0 spiro atoms. The Balaban J connectivity index is 0.00000432. The molecule has 2 atom stereocenters. The molecule has 1 aliphatic heterocycles. The monoisotopic (exact) mass is 554 g/mol. The second kappa shape index (κ2) is 12.3. The predicted octanol–water partition coefficient (Wildman–Crippen LogP) is 4.69. The van der Waals surface area contributed by atoms with Gasteiger partial charge in [-0.2, -0.15) is 13.2 Å². The van der Waals surface area contributed by atoms with E-state index in [2.05, 4.69) is 17.2 Å². The van der Waals surface area contributed by atoms with Crippen molar-refractivity contribution in [3.05, 3.63) is 65.2 Å². The van der Waals surface area contributed by atoms with E-state index in [4.69, 9.17) is 5.73 Å². The number of carbonyl (C=O) groups is 2. The number of halogens is 4. The molecule has 0 saturated carbocycles. The van der Waals surface area contributed by atoms with Crippen LogP contribution in [0.5, 0.6) is 0 Å². The molecule has 3 N–H and O–H groups in total. The number of benzene rings is 2. The number of fused-ring (bicyclic) bond motifs is 1. The topological polar surface area (TPSA) is 87.8 Å². The van der Waals surface area contributed by atoms with Gasteiger partial charge in [-0.05, 0) is 24.6 Å². The van der Waals surface area contributed by atoms with Gasteiger partial charge in [-0.25, -0.2) is 4.99 Å². The first-order valence-corrected chi connectivity index (χ1v) is 11.3. The summed E-state index contributed by atoms with van der Waals surface area (Å²) in [5, 5.41) is 2.71. The molecule has 1 unspecified atom stereocenters. The fourth-order valence-electron chi connectivity index (χ4n) is 3.91. The molecule has 10 heteroatoms. The number of nitrogens with zero attached hydrogens (tertiary/aromatic N) is 2. The lowest BCUT2D eigenvalue weighted by molar-refractivity contribution is -0.137. The molecule has 2 aromatic carbocycles. The number of likely N-dealkylation sites (N-methyl/N-ethyl adjacent to an activating group) is 1. The summed E-state index contributed by atoms with van der Waals surface area (Å²) >= 11 is 0. The van der Waals surface area contributed by atoms with Crippen LogP contribution in [0.3, 0.4) is 0 Å². The molecule has 1 aliphatic rings. The Bertz CT molecular complexity index is 1060. The second-order valence-electron chi connectivity index (χ2n) is 8.31. The van der Waals surface area contributed by atoms with E-state index in [9.17, 15) is 22.8 Å². The number of carbonyl (C=O) groups excluding carboxylic acids is 2. The Labute approximate surface area is 213 Å². The average molecular weight is 555 g/mol. The summed E-state index contributed by atoms with van der Waals surface area (Å²) in [6.45, 7) is 2.20. The largest absolute Gasteiger partial charge is 0.416 e. The van der Waals surface area contributed by atoms with Crippen LogP contribution in [-0.4, -0.2) is 37.3 Å². The molecule has 0 fully saturated rings. The quantitative estimate of drug-likeness (QED) is 0.464. The summed E-state index contributed by atoms with van der Waals surface area (Å²) in [5.74, 6) is -1.28. The summed E-state index contributed by atoms with van der Waals surface area (Å²) in [6, 6.07) is 11.6. The standard InChI is InChI=1S/C25H29F3N4O2.BrH/c1-3-4-5-8-17(15-29)23(33)31-22-24(34)32(2)20-10-7-6-9-19(20)21(30-22)16-11-13-18(14-12-16)25(26,27)28;/h6-7,9-14,17,22H,3-5,8,15,29H2,1-2H3,(H,31,33);1H/t17-,22?;/m0./s1. The van der Waals surface area contributed by atoms with E-state index in [1.807, 2.05) is 0 Å². The highest BCUT2D eigenvalue weighted by atomic mass is 79.9. The number of amides is 2. The van der Waals surface area contributed by atoms with E-state index in [-0.39, 0.29) is 29.4 Å². The van der Waals surface area contributed by atoms with Gasteiger partial charge in [0.05, 0.1) is 22.9 Å². The summed E-state index contributed by atoms with van der Waals surface area (Å²) in [6.07, 6.45) is -2.28. The number of hydrogen-bond acceptors (Lipinski definition) is 4. The lowest BCUT2D eigenvalue weighted by Crippen LogP contribution is -2.48. The first-order valence-electron chi connectivity index (χ1n) is 11.3. The Morgan fingerprint density at radius 1 is 1.14 bits per heavy atom. The number of hydrogen-bond donors (Lipinski definition) is 2. The molecule has 190 valence electrons. The minimum atomic E-state index is -4.47. The average Bonchev–Trinajstić information content (AvgIpc) is 2.92. The van der Waals surface area contributed by atoms with Gasteiger partial charge in [0.15, 0.2) is 0 Å². The van der Waals surface area contributed by atoms with E-state index in [1.54, 1.807) is 31.3 Å². The highest BCUT2D eigenvalue weighted by Crippen LogP contribution is 2.31. The maximum atomic E-state index is 13.2. The van der Waals surface area contributed by atoms with Crippen molar-refractivity contribution in [2.45, 2.75) is 44.9 Å². The number of unbranched alkanes of at least 4 members (excludes halogenated alkanes) is 2. The van der Waals surface area contributed by atoms with E-state index < -0.39 is 29.7 Å². The van der Waals surface area contributed by atoms with Gasteiger partial charge in [-0.1, -0.05) is 56.5 Å². The van der Waals surface area contributed by atoms with Gasteiger partial charge in [0.25, 0.3) is 5.91 Å². The van der Waals surface area contributed by atoms with Crippen LogP contribution >= 0.6 is 17.0 Å².